The van der Waals surface area contributed by atoms with Gasteiger partial charge in [-0.1, -0.05) is 17.8 Å². The Kier molecular flexibility index (Phi) is 4.70. The smallest absolute Gasteiger partial charge is 0.344 e. The van der Waals surface area contributed by atoms with Gasteiger partial charge in [0, 0.05) is 11.8 Å². The molecule has 2 rings (SSSR count). The van der Waals surface area contributed by atoms with E-state index in [2.05, 4.69) is 16.3 Å². The number of nitriles is 1. The van der Waals surface area contributed by atoms with E-state index in [4.69, 9.17) is 10.00 Å². The summed E-state index contributed by atoms with van der Waals surface area (Å²) in [6.07, 6.45) is 0. The van der Waals surface area contributed by atoms with Crippen molar-refractivity contribution >= 4 is 11.8 Å². The monoisotopic (exact) mass is 304 g/mol. The maximum atomic E-state index is 11.7. The molecule has 2 aromatic rings. The van der Waals surface area contributed by atoms with E-state index in [1.165, 1.54) is 18.9 Å². The fourth-order valence-electron chi connectivity index (χ4n) is 1.91. The zero-order valence-electron chi connectivity index (χ0n) is 12.1. The SMILES string of the molecule is COc1cc(CSc2n[nH]c(=O)n2C(C)C)ccc1C#N. The van der Waals surface area contributed by atoms with E-state index in [1.54, 1.807) is 10.6 Å². The number of benzene rings is 1. The molecule has 0 spiro atoms. The molecule has 110 valence electrons. The van der Waals surface area contributed by atoms with Crippen molar-refractivity contribution in [2.24, 2.45) is 0 Å². The molecule has 6 nitrogen and oxygen atoms in total. The Hall–Kier alpha value is -2.20. The normalized spacial score (nSPS) is 10.6. The molecule has 1 N–H and O–H groups in total. The molecule has 0 radical (unpaired) electrons. The van der Waals surface area contributed by atoms with Crippen molar-refractivity contribution < 1.29 is 4.74 Å². The molecule has 0 aliphatic heterocycles. The van der Waals surface area contributed by atoms with Gasteiger partial charge in [-0.25, -0.2) is 9.89 Å². The maximum Gasteiger partial charge on any atom is 0.344 e. The van der Waals surface area contributed by atoms with Gasteiger partial charge in [0.15, 0.2) is 5.16 Å². The van der Waals surface area contributed by atoms with E-state index in [0.29, 0.717) is 22.2 Å². The summed E-state index contributed by atoms with van der Waals surface area (Å²) >= 11 is 1.46. The third-order valence-electron chi connectivity index (χ3n) is 2.94. The van der Waals surface area contributed by atoms with Crippen LogP contribution in [0.5, 0.6) is 5.75 Å². The van der Waals surface area contributed by atoms with E-state index in [-0.39, 0.29) is 11.7 Å². The number of hydrogen-bond acceptors (Lipinski definition) is 5. The lowest BCUT2D eigenvalue weighted by Crippen LogP contribution is -2.19. The average molecular weight is 304 g/mol. The van der Waals surface area contributed by atoms with Gasteiger partial charge in [-0.05, 0) is 31.5 Å². The van der Waals surface area contributed by atoms with E-state index in [0.717, 1.165) is 5.56 Å². The summed E-state index contributed by atoms with van der Waals surface area (Å²) in [4.78, 5) is 11.7. The molecule has 21 heavy (non-hydrogen) atoms. The summed E-state index contributed by atoms with van der Waals surface area (Å²) in [6, 6.07) is 7.56. The van der Waals surface area contributed by atoms with Crippen LogP contribution in [0.3, 0.4) is 0 Å². The predicted molar refractivity (Wildman–Crippen MR) is 80.5 cm³/mol. The van der Waals surface area contributed by atoms with Crippen LogP contribution < -0.4 is 10.4 Å². The van der Waals surface area contributed by atoms with Crippen molar-refractivity contribution in [1.82, 2.24) is 14.8 Å². The Balaban J connectivity index is 2.18. The van der Waals surface area contributed by atoms with Gasteiger partial charge in [0.2, 0.25) is 0 Å². The Bertz CT molecular complexity index is 727. The van der Waals surface area contributed by atoms with Crippen molar-refractivity contribution in [1.29, 1.82) is 5.26 Å². The second-order valence-electron chi connectivity index (χ2n) is 4.71. The lowest BCUT2D eigenvalue weighted by Gasteiger charge is -2.09. The maximum absolute atomic E-state index is 11.7. The molecule has 1 aromatic heterocycles. The summed E-state index contributed by atoms with van der Waals surface area (Å²) in [7, 11) is 1.54. The molecule has 0 bridgehead atoms. The van der Waals surface area contributed by atoms with Gasteiger partial charge in [0.25, 0.3) is 0 Å². The Labute approximate surface area is 126 Å². The predicted octanol–water partition coefficient (Wildman–Crippen LogP) is 2.32. The number of aromatic amines is 1. The molecule has 0 saturated carbocycles. The van der Waals surface area contributed by atoms with Crippen molar-refractivity contribution in [2.75, 3.05) is 7.11 Å². The van der Waals surface area contributed by atoms with Gasteiger partial charge in [0.05, 0.1) is 12.7 Å². The highest BCUT2D eigenvalue weighted by atomic mass is 32.2. The number of ether oxygens (including phenoxy) is 1. The lowest BCUT2D eigenvalue weighted by atomic mass is 10.1. The number of H-pyrrole nitrogens is 1. The molecule has 1 aromatic carbocycles. The minimum atomic E-state index is -0.204. The third kappa shape index (κ3) is 3.28. The molecular weight excluding hydrogens is 288 g/mol. The molecule has 0 atom stereocenters. The first-order valence-electron chi connectivity index (χ1n) is 6.43. The van der Waals surface area contributed by atoms with Crippen LogP contribution in [0.4, 0.5) is 0 Å². The Morgan fingerprint density at radius 1 is 1.52 bits per heavy atom. The molecule has 0 saturated heterocycles. The molecule has 0 unspecified atom stereocenters. The van der Waals surface area contributed by atoms with Gasteiger partial charge >= 0.3 is 5.69 Å². The van der Waals surface area contributed by atoms with Crippen LogP contribution in [0.2, 0.25) is 0 Å². The summed E-state index contributed by atoms with van der Waals surface area (Å²) in [5.74, 6) is 1.19. The fraction of sp³-hybridized carbons (Fsp3) is 0.357. The molecule has 7 heteroatoms. The molecule has 0 aliphatic rings. The molecular formula is C14H16N4O2S. The minimum absolute atomic E-state index is 0.0502. The third-order valence-corrected chi connectivity index (χ3v) is 3.97. The molecule has 0 aliphatic carbocycles. The molecule has 1 heterocycles. The number of nitrogens with one attached hydrogen (secondary N) is 1. The fourth-order valence-corrected chi connectivity index (χ4v) is 2.93. The Morgan fingerprint density at radius 2 is 2.29 bits per heavy atom. The highest BCUT2D eigenvalue weighted by molar-refractivity contribution is 7.98. The van der Waals surface area contributed by atoms with Crippen molar-refractivity contribution in [3.05, 3.63) is 39.8 Å². The van der Waals surface area contributed by atoms with Crippen LogP contribution in [0, 0.1) is 11.3 Å². The van der Waals surface area contributed by atoms with Crippen LogP contribution in [0.1, 0.15) is 31.0 Å². The van der Waals surface area contributed by atoms with Crippen molar-refractivity contribution in [3.63, 3.8) is 0 Å². The lowest BCUT2D eigenvalue weighted by molar-refractivity contribution is 0.413. The molecule has 0 fully saturated rings. The summed E-state index contributed by atoms with van der Waals surface area (Å²) in [5.41, 5.74) is 1.30. The number of rotatable bonds is 5. The molecule has 0 amide bonds. The van der Waals surface area contributed by atoms with Crippen LogP contribution in [0.25, 0.3) is 0 Å². The van der Waals surface area contributed by atoms with E-state index in [9.17, 15) is 4.79 Å². The first-order chi connectivity index (χ1) is 10.1. The van der Waals surface area contributed by atoms with E-state index >= 15 is 0 Å². The van der Waals surface area contributed by atoms with Crippen LogP contribution in [-0.2, 0) is 5.75 Å². The van der Waals surface area contributed by atoms with Crippen molar-refractivity contribution in [2.45, 2.75) is 30.8 Å². The highest BCUT2D eigenvalue weighted by Crippen LogP contribution is 2.25. The minimum Gasteiger partial charge on any atom is -0.495 e. The van der Waals surface area contributed by atoms with Gasteiger partial charge in [-0.3, -0.25) is 4.57 Å². The number of thioether (sulfide) groups is 1. The van der Waals surface area contributed by atoms with Crippen LogP contribution in [-0.4, -0.2) is 21.9 Å². The largest absolute Gasteiger partial charge is 0.495 e. The second-order valence-corrected chi connectivity index (χ2v) is 5.65. The zero-order chi connectivity index (χ0) is 15.4. The van der Waals surface area contributed by atoms with Crippen LogP contribution in [0.15, 0.2) is 28.2 Å². The number of aromatic nitrogens is 3. The van der Waals surface area contributed by atoms with Gasteiger partial charge in [-0.15, -0.1) is 5.10 Å². The van der Waals surface area contributed by atoms with E-state index < -0.39 is 0 Å². The van der Waals surface area contributed by atoms with E-state index in [1.807, 2.05) is 26.0 Å². The first kappa shape index (κ1) is 15.2. The summed E-state index contributed by atoms with van der Waals surface area (Å²) in [5, 5.41) is 16.1. The number of methoxy groups -OCH3 is 1. The zero-order valence-corrected chi connectivity index (χ0v) is 12.9. The number of nitrogens with zero attached hydrogens (tertiary/aromatic N) is 3. The summed E-state index contributed by atoms with van der Waals surface area (Å²) < 4.78 is 6.80. The van der Waals surface area contributed by atoms with Gasteiger partial charge in [0.1, 0.15) is 11.8 Å². The average Bonchev–Trinajstić information content (AvgIpc) is 2.85. The van der Waals surface area contributed by atoms with Crippen LogP contribution >= 0.6 is 11.8 Å². The number of hydrogen-bond donors (Lipinski definition) is 1. The van der Waals surface area contributed by atoms with Gasteiger partial charge in [-0.2, -0.15) is 5.26 Å². The standard InChI is InChI=1S/C14H16N4O2S/c1-9(2)18-13(19)16-17-14(18)21-8-10-4-5-11(7-15)12(6-10)20-3/h4-6,9H,8H2,1-3H3,(H,16,19). The first-order valence-corrected chi connectivity index (χ1v) is 7.42. The second kappa shape index (κ2) is 6.50. The Morgan fingerprint density at radius 3 is 2.90 bits per heavy atom. The highest BCUT2D eigenvalue weighted by Gasteiger charge is 2.12. The quantitative estimate of drug-likeness (QED) is 0.857. The topological polar surface area (TPSA) is 83.7 Å². The summed E-state index contributed by atoms with van der Waals surface area (Å²) in [6.45, 7) is 3.87. The van der Waals surface area contributed by atoms with Gasteiger partial charge < -0.3 is 4.74 Å². The van der Waals surface area contributed by atoms with Crippen molar-refractivity contribution in [3.8, 4) is 11.8 Å².